The van der Waals surface area contributed by atoms with Gasteiger partial charge < -0.3 is 4.74 Å². The van der Waals surface area contributed by atoms with E-state index in [-0.39, 0.29) is 41.6 Å². The molecule has 3 rings (SSSR count). The van der Waals surface area contributed by atoms with Crippen LogP contribution >= 0.6 is 0 Å². The first-order valence-electron chi connectivity index (χ1n) is 7.81. The second-order valence-electron chi connectivity index (χ2n) is 5.98. The van der Waals surface area contributed by atoms with E-state index >= 15 is 0 Å². The topological polar surface area (TPSA) is 134 Å². The SMILES string of the molecule is C[S@@](=N)(=O)CCCOc1nonc1C(=N[C@H]1Cc2ccc(F)cc21)NO. The molecule has 140 valence electrons. The average Bonchev–Trinajstić information content (AvgIpc) is 3.02. The number of hydroxylamine groups is 1. The van der Waals surface area contributed by atoms with Crippen LogP contribution in [-0.4, -0.2) is 44.2 Å². The second kappa shape index (κ2) is 7.38. The third-order valence-electron chi connectivity index (χ3n) is 3.87. The van der Waals surface area contributed by atoms with E-state index in [9.17, 15) is 13.8 Å². The Balaban J connectivity index is 1.71. The number of halogens is 1. The van der Waals surface area contributed by atoms with E-state index in [1.807, 2.05) is 5.48 Å². The molecular formula is C15H18FN5O4S. The lowest BCUT2D eigenvalue weighted by molar-refractivity contribution is 0.232. The summed E-state index contributed by atoms with van der Waals surface area (Å²) in [4.78, 5) is 4.32. The Morgan fingerprint density at radius 1 is 1.58 bits per heavy atom. The van der Waals surface area contributed by atoms with Crippen LogP contribution in [0.3, 0.4) is 0 Å². The number of rotatable bonds is 7. The monoisotopic (exact) mass is 383 g/mol. The molecule has 9 nitrogen and oxygen atoms in total. The van der Waals surface area contributed by atoms with Crippen LogP contribution in [0.1, 0.15) is 29.3 Å². The molecule has 0 radical (unpaired) electrons. The smallest absolute Gasteiger partial charge is 0.287 e. The highest BCUT2D eigenvalue weighted by Gasteiger charge is 2.28. The number of ether oxygens (including phenoxy) is 1. The summed E-state index contributed by atoms with van der Waals surface area (Å²) < 4.78 is 42.1. The molecule has 1 aliphatic rings. The molecule has 0 spiro atoms. The Hall–Kier alpha value is -2.53. The molecule has 11 heteroatoms. The number of nitrogens with one attached hydrogen (secondary N) is 2. The number of amidine groups is 1. The number of nitrogens with zero attached hydrogens (tertiary/aromatic N) is 3. The van der Waals surface area contributed by atoms with Gasteiger partial charge in [-0.2, -0.15) is 0 Å². The average molecular weight is 383 g/mol. The van der Waals surface area contributed by atoms with E-state index in [4.69, 9.17) is 9.52 Å². The molecule has 1 aromatic heterocycles. The minimum absolute atomic E-state index is 0.0108. The van der Waals surface area contributed by atoms with Crippen molar-refractivity contribution >= 4 is 15.6 Å². The van der Waals surface area contributed by atoms with Gasteiger partial charge in [-0.15, -0.1) is 0 Å². The Bertz CT molecular complexity index is 928. The van der Waals surface area contributed by atoms with Crippen LogP contribution in [0.25, 0.3) is 0 Å². The van der Waals surface area contributed by atoms with Gasteiger partial charge in [0.05, 0.1) is 12.6 Å². The molecule has 1 aromatic carbocycles. The van der Waals surface area contributed by atoms with Crippen LogP contribution in [0.15, 0.2) is 27.8 Å². The molecule has 1 heterocycles. The van der Waals surface area contributed by atoms with Crippen molar-refractivity contribution in [3.05, 3.63) is 40.8 Å². The number of fused-ring (bicyclic) bond motifs is 1. The number of hydrogen-bond donors (Lipinski definition) is 3. The quantitative estimate of drug-likeness (QED) is 0.287. The van der Waals surface area contributed by atoms with Crippen LogP contribution in [0, 0.1) is 10.6 Å². The van der Waals surface area contributed by atoms with Gasteiger partial charge in [-0.25, -0.2) is 9.02 Å². The van der Waals surface area contributed by atoms with E-state index in [1.165, 1.54) is 18.4 Å². The van der Waals surface area contributed by atoms with Crippen LogP contribution in [0.4, 0.5) is 4.39 Å². The molecule has 0 aliphatic heterocycles. The van der Waals surface area contributed by atoms with Crippen molar-refractivity contribution in [1.82, 2.24) is 15.8 Å². The Labute approximate surface area is 149 Å². The first-order valence-corrected chi connectivity index (χ1v) is 9.94. The van der Waals surface area contributed by atoms with Crippen LogP contribution in [0.5, 0.6) is 5.88 Å². The van der Waals surface area contributed by atoms with Crippen molar-refractivity contribution in [2.24, 2.45) is 4.99 Å². The maximum atomic E-state index is 13.4. The van der Waals surface area contributed by atoms with Gasteiger partial charge in [0.1, 0.15) is 5.82 Å². The maximum absolute atomic E-state index is 13.4. The molecule has 26 heavy (non-hydrogen) atoms. The normalized spacial score (nSPS) is 18.6. The molecule has 0 fully saturated rings. The largest absolute Gasteiger partial charge is 0.474 e. The van der Waals surface area contributed by atoms with E-state index in [1.54, 1.807) is 6.07 Å². The van der Waals surface area contributed by atoms with Crippen LogP contribution in [-0.2, 0) is 16.1 Å². The van der Waals surface area contributed by atoms with Gasteiger partial charge in [0, 0.05) is 21.7 Å². The zero-order chi connectivity index (χ0) is 18.7. The van der Waals surface area contributed by atoms with Crippen LogP contribution < -0.4 is 10.2 Å². The first-order chi connectivity index (χ1) is 12.4. The van der Waals surface area contributed by atoms with Crippen LogP contribution in [0.2, 0.25) is 0 Å². The zero-order valence-electron chi connectivity index (χ0n) is 13.9. The van der Waals surface area contributed by atoms with Crippen molar-refractivity contribution < 1.29 is 23.2 Å². The highest BCUT2D eigenvalue weighted by atomic mass is 32.2. The number of hydrogen-bond acceptors (Lipinski definition) is 8. The molecule has 0 saturated heterocycles. The summed E-state index contributed by atoms with van der Waals surface area (Å²) in [5.74, 6) is -0.161. The van der Waals surface area contributed by atoms with Gasteiger partial charge in [0.15, 0.2) is 5.84 Å². The summed E-state index contributed by atoms with van der Waals surface area (Å²) in [7, 11) is -2.59. The van der Waals surface area contributed by atoms with E-state index in [0.717, 1.165) is 11.1 Å². The van der Waals surface area contributed by atoms with Crippen molar-refractivity contribution in [3.8, 4) is 5.88 Å². The second-order valence-corrected chi connectivity index (χ2v) is 8.40. The molecule has 1 aliphatic carbocycles. The van der Waals surface area contributed by atoms with Gasteiger partial charge in [-0.1, -0.05) is 6.07 Å². The summed E-state index contributed by atoms with van der Waals surface area (Å²) in [5.41, 5.74) is 3.74. The zero-order valence-corrected chi connectivity index (χ0v) is 14.8. The van der Waals surface area contributed by atoms with Gasteiger partial charge in [-0.05, 0) is 46.4 Å². The molecule has 0 bridgehead atoms. The van der Waals surface area contributed by atoms with Crippen molar-refractivity contribution in [2.45, 2.75) is 18.9 Å². The molecule has 2 atom stereocenters. The number of aromatic nitrogens is 2. The molecule has 0 amide bonds. The lowest BCUT2D eigenvalue weighted by atomic mass is 9.83. The third-order valence-corrected chi connectivity index (χ3v) is 4.94. The van der Waals surface area contributed by atoms with Crippen molar-refractivity contribution in [2.75, 3.05) is 18.6 Å². The Morgan fingerprint density at radius 3 is 3.12 bits per heavy atom. The van der Waals surface area contributed by atoms with E-state index < -0.39 is 9.73 Å². The Kier molecular flexibility index (Phi) is 5.18. The Morgan fingerprint density at radius 2 is 2.38 bits per heavy atom. The molecule has 2 aromatic rings. The summed E-state index contributed by atoms with van der Waals surface area (Å²) in [6.45, 7) is 0.154. The number of aliphatic imine (C=N–C) groups is 1. The summed E-state index contributed by atoms with van der Waals surface area (Å²) in [5, 5.41) is 16.7. The highest BCUT2D eigenvalue weighted by Crippen LogP contribution is 2.37. The summed E-state index contributed by atoms with van der Waals surface area (Å²) in [6.07, 6.45) is 2.35. The molecule has 3 N–H and O–H groups in total. The lowest BCUT2D eigenvalue weighted by Crippen LogP contribution is -2.26. The predicted molar refractivity (Wildman–Crippen MR) is 90.4 cm³/mol. The van der Waals surface area contributed by atoms with Gasteiger partial charge in [0.25, 0.3) is 5.88 Å². The summed E-state index contributed by atoms with van der Waals surface area (Å²) >= 11 is 0. The summed E-state index contributed by atoms with van der Waals surface area (Å²) in [6, 6.07) is 4.17. The third kappa shape index (κ3) is 4.17. The fraction of sp³-hybridized carbons (Fsp3) is 0.400. The minimum Gasteiger partial charge on any atom is -0.474 e. The molecule has 0 unspecified atom stereocenters. The number of benzene rings is 1. The first kappa shape index (κ1) is 18.3. The molecular weight excluding hydrogens is 365 g/mol. The van der Waals surface area contributed by atoms with E-state index in [0.29, 0.717) is 12.8 Å². The fourth-order valence-electron chi connectivity index (χ4n) is 2.59. The maximum Gasteiger partial charge on any atom is 0.287 e. The minimum atomic E-state index is -2.59. The van der Waals surface area contributed by atoms with E-state index in [2.05, 4.69) is 19.9 Å². The molecule has 0 saturated carbocycles. The predicted octanol–water partition coefficient (Wildman–Crippen LogP) is 1.68. The fourth-order valence-corrected chi connectivity index (χ4v) is 3.25. The van der Waals surface area contributed by atoms with Gasteiger partial charge >= 0.3 is 0 Å². The van der Waals surface area contributed by atoms with Gasteiger partial charge in [0.2, 0.25) is 5.69 Å². The lowest BCUT2D eigenvalue weighted by Gasteiger charge is -2.27. The highest BCUT2D eigenvalue weighted by molar-refractivity contribution is 7.91. The van der Waals surface area contributed by atoms with Crippen molar-refractivity contribution in [1.29, 1.82) is 4.78 Å². The standard InChI is InChI=1S/C15H18FN5O4S/c1-26(17,23)6-2-5-24-15-13(20-25-21-15)14(19-22)18-12-7-9-3-4-10(16)8-11(9)12/h3-4,8,12,17,22H,2,5-7H2,1H3,(H,18,19)/t12-,26+/m0/s1. The van der Waals surface area contributed by atoms with Crippen molar-refractivity contribution in [3.63, 3.8) is 0 Å². The van der Waals surface area contributed by atoms with Gasteiger partial charge in [-0.3, -0.25) is 24.7 Å².